The summed E-state index contributed by atoms with van der Waals surface area (Å²) < 4.78 is 5.34. The van der Waals surface area contributed by atoms with E-state index in [4.69, 9.17) is 4.74 Å². The molecule has 22 heavy (non-hydrogen) atoms. The number of thiophene rings is 3. The highest BCUT2D eigenvalue weighted by molar-refractivity contribution is 7.26. The summed E-state index contributed by atoms with van der Waals surface area (Å²) in [4.78, 5) is 16.5. The molecule has 2 nitrogen and oxygen atoms in total. The van der Waals surface area contributed by atoms with E-state index in [-0.39, 0.29) is 12.6 Å². The first-order valence-electron chi connectivity index (χ1n) is 6.68. The van der Waals surface area contributed by atoms with Gasteiger partial charge >= 0.3 is 5.97 Å². The molecule has 0 spiro atoms. The van der Waals surface area contributed by atoms with Crippen LogP contribution in [0.1, 0.15) is 12.5 Å². The summed E-state index contributed by atoms with van der Waals surface area (Å²) in [6.07, 6.45) is 0. The van der Waals surface area contributed by atoms with Crippen LogP contribution in [0.4, 0.5) is 0 Å². The second kappa shape index (κ2) is 6.60. The minimum absolute atomic E-state index is 0.279. The molecule has 3 aromatic heterocycles. The first-order valence-corrected chi connectivity index (χ1v) is 9.26. The van der Waals surface area contributed by atoms with Gasteiger partial charge in [-0.25, -0.2) is 4.79 Å². The number of hydrogen-bond donors (Lipinski definition) is 0. The second-order valence-corrected chi connectivity index (χ2v) is 7.72. The zero-order chi connectivity index (χ0) is 15.5. The molecule has 0 aliphatic carbocycles. The topological polar surface area (TPSA) is 26.3 Å². The summed E-state index contributed by atoms with van der Waals surface area (Å²) in [7, 11) is 0. The number of carbonyl (C=O) groups excluding carboxylic acids is 1. The van der Waals surface area contributed by atoms with E-state index >= 15 is 0 Å². The molecule has 0 aliphatic heterocycles. The molecule has 0 saturated heterocycles. The van der Waals surface area contributed by atoms with Crippen molar-refractivity contribution >= 4 is 40.0 Å². The zero-order valence-corrected chi connectivity index (χ0v) is 14.4. The lowest BCUT2D eigenvalue weighted by Gasteiger charge is -2.04. The lowest BCUT2D eigenvalue weighted by molar-refractivity contribution is -0.140. The summed E-state index contributed by atoms with van der Waals surface area (Å²) in [6.45, 7) is 5.56. The standard InChI is InChI=1S/C17H14O2S3/c1-11(2)17(18)19-10-12-9-15(13-5-3-7-20-13)22-16(12)14-6-4-8-21-14/h3-9H,1,10H2,2H3. The Labute approximate surface area is 141 Å². The first-order chi connectivity index (χ1) is 10.6. The molecule has 0 bridgehead atoms. The van der Waals surface area contributed by atoms with Crippen molar-refractivity contribution < 1.29 is 9.53 Å². The van der Waals surface area contributed by atoms with Gasteiger partial charge in [0.05, 0.1) is 4.88 Å². The number of esters is 1. The number of ether oxygens (including phenoxy) is 1. The van der Waals surface area contributed by atoms with Crippen LogP contribution in [0.3, 0.4) is 0 Å². The second-order valence-electron chi connectivity index (χ2n) is 4.78. The largest absolute Gasteiger partial charge is 0.457 e. The van der Waals surface area contributed by atoms with Crippen LogP contribution in [0, 0.1) is 0 Å². The molecule has 0 atom stereocenters. The highest BCUT2D eigenvalue weighted by atomic mass is 32.1. The van der Waals surface area contributed by atoms with Crippen LogP contribution in [0.5, 0.6) is 0 Å². The number of carbonyl (C=O) groups is 1. The third kappa shape index (κ3) is 3.21. The van der Waals surface area contributed by atoms with Crippen molar-refractivity contribution in [1.29, 1.82) is 0 Å². The molecule has 0 fully saturated rings. The Kier molecular flexibility index (Phi) is 4.57. The van der Waals surface area contributed by atoms with E-state index in [1.54, 1.807) is 40.9 Å². The lowest BCUT2D eigenvalue weighted by Crippen LogP contribution is -2.04. The Morgan fingerprint density at radius 2 is 1.82 bits per heavy atom. The van der Waals surface area contributed by atoms with Crippen LogP contribution in [-0.4, -0.2) is 5.97 Å². The predicted molar refractivity (Wildman–Crippen MR) is 95.6 cm³/mol. The molecule has 3 rings (SSSR count). The SMILES string of the molecule is C=C(C)C(=O)OCc1cc(-c2cccs2)sc1-c1cccs1. The molecule has 3 heterocycles. The van der Waals surface area contributed by atoms with Crippen LogP contribution in [-0.2, 0) is 16.1 Å². The quantitative estimate of drug-likeness (QED) is 0.429. The van der Waals surface area contributed by atoms with Gasteiger partial charge in [0.2, 0.25) is 0 Å². The molecule has 0 radical (unpaired) electrons. The Morgan fingerprint density at radius 1 is 1.14 bits per heavy atom. The van der Waals surface area contributed by atoms with Crippen LogP contribution in [0.25, 0.3) is 19.5 Å². The maximum Gasteiger partial charge on any atom is 0.333 e. The third-order valence-corrected chi connectivity index (χ3v) is 6.32. The normalized spacial score (nSPS) is 10.6. The molecule has 0 amide bonds. The molecule has 3 aromatic rings. The molecule has 0 N–H and O–H groups in total. The van der Waals surface area contributed by atoms with Crippen molar-refractivity contribution in [3.63, 3.8) is 0 Å². The molecule has 112 valence electrons. The average Bonchev–Trinajstić information content (AvgIpc) is 3.22. The number of rotatable bonds is 5. The van der Waals surface area contributed by atoms with Crippen molar-refractivity contribution in [3.05, 3.63) is 58.8 Å². The summed E-state index contributed by atoms with van der Waals surface area (Å²) in [5.41, 5.74) is 1.47. The van der Waals surface area contributed by atoms with Gasteiger partial charge in [-0.15, -0.1) is 34.0 Å². The van der Waals surface area contributed by atoms with E-state index < -0.39 is 0 Å². The highest BCUT2D eigenvalue weighted by Crippen LogP contribution is 2.41. The average molecular weight is 346 g/mol. The fraction of sp³-hybridized carbons (Fsp3) is 0.118. The molecular formula is C17H14O2S3. The third-order valence-electron chi connectivity index (χ3n) is 3.03. The Morgan fingerprint density at radius 3 is 2.41 bits per heavy atom. The van der Waals surface area contributed by atoms with Gasteiger partial charge in [-0.1, -0.05) is 18.7 Å². The smallest absolute Gasteiger partial charge is 0.333 e. The molecule has 0 aromatic carbocycles. The Balaban J connectivity index is 1.93. The first kappa shape index (κ1) is 15.2. The van der Waals surface area contributed by atoms with Gasteiger partial charge in [0.15, 0.2) is 0 Å². The maximum absolute atomic E-state index is 11.6. The Hall–Kier alpha value is -1.69. The van der Waals surface area contributed by atoms with E-state index in [1.807, 2.05) is 12.1 Å². The van der Waals surface area contributed by atoms with Gasteiger partial charge in [0.1, 0.15) is 6.61 Å². The highest BCUT2D eigenvalue weighted by Gasteiger charge is 2.15. The number of hydrogen-bond acceptors (Lipinski definition) is 5. The van der Waals surface area contributed by atoms with Crippen LogP contribution >= 0.6 is 34.0 Å². The Bertz CT molecular complexity index is 780. The minimum atomic E-state index is -0.346. The van der Waals surface area contributed by atoms with Crippen molar-refractivity contribution in [2.24, 2.45) is 0 Å². The zero-order valence-electron chi connectivity index (χ0n) is 12.0. The van der Waals surface area contributed by atoms with E-state index in [9.17, 15) is 4.79 Å². The van der Waals surface area contributed by atoms with Gasteiger partial charge in [-0.2, -0.15) is 0 Å². The molecule has 5 heteroatoms. The van der Waals surface area contributed by atoms with Crippen molar-refractivity contribution in [2.45, 2.75) is 13.5 Å². The van der Waals surface area contributed by atoms with E-state index in [2.05, 4.69) is 35.5 Å². The summed E-state index contributed by atoms with van der Waals surface area (Å²) >= 11 is 5.16. The van der Waals surface area contributed by atoms with Crippen molar-refractivity contribution in [1.82, 2.24) is 0 Å². The van der Waals surface area contributed by atoms with Crippen molar-refractivity contribution in [2.75, 3.05) is 0 Å². The van der Waals surface area contributed by atoms with Gasteiger partial charge in [0, 0.05) is 25.8 Å². The van der Waals surface area contributed by atoms with Gasteiger partial charge in [-0.05, 0) is 35.9 Å². The molecular weight excluding hydrogens is 332 g/mol. The molecule has 0 unspecified atom stereocenters. The van der Waals surface area contributed by atoms with E-state index in [0.29, 0.717) is 5.57 Å². The minimum Gasteiger partial charge on any atom is -0.457 e. The van der Waals surface area contributed by atoms with Crippen LogP contribution < -0.4 is 0 Å². The molecule has 0 saturated carbocycles. The van der Waals surface area contributed by atoms with E-state index in [0.717, 1.165) is 5.56 Å². The fourth-order valence-electron chi connectivity index (χ4n) is 1.96. The van der Waals surface area contributed by atoms with Crippen molar-refractivity contribution in [3.8, 4) is 19.5 Å². The predicted octanol–water partition coefficient (Wildman–Crippen LogP) is 5.82. The summed E-state index contributed by atoms with van der Waals surface area (Å²) in [5, 5.41) is 4.13. The monoisotopic (exact) mass is 346 g/mol. The molecule has 0 aliphatic rings. The lowest BCUT2D eigenvalue weighted by atomic mass is 10.2. The van der Waals surface area contributed by atoms with Crippen LogP contribution in [0.2, 0.25) is 0 Å². The van der Waals surface area contributed by atoms with Gasteiger partial charge in [-0.3, -0.25) is 0 Å². The fourth-order valence-corrected chi connectivity index (χ4v) is 4.84. The summed E-state index contributed by atoms with van der Waals surface area (Å²) in [5.74, 6) is -0.346. The van der Waals surface area contributed by atoms with E-state index in [1.165, 1.54) is 19.5 Å². The van der Waals surface area contributed by atoms with Gasteiger partial charge in [0.25, 0.3) is 0 Å². The maximum atomic E-state index is 11.6. The van der Waals surface area contributed by atoms with Crippen LogP contribution in [0.15, 0.2) is 53.2 Å². The summed E-state index contributed by atoms with van der Waals surface area (Å²) in [6, 6.07) is 10.4. The van der Waals surface area contributed by atoms with Gasteiger partial charge < -0.3 is 4.74 Å².